The third-order valence-electron chi connectivity index (χ3n) is 2.12. The van der Waals surface area contributed by atoms with Crippen LogP contribution in [0.5, 0.6) is 0 Å². The second kappa shape index (κ2) is 3.58. The number of nitrogens with zero attached hydrogens (tertiary/aromatic N) is 1. The van der Waals surface area contributed by atoms with Crippen molar-refractivity contribution in [2.24, 2.45) is 0 Å². The summed E-state index contributed by atoms with van der Waals surface area (Å²) in [4.78, 5) is 10.7. The van der Waals surface area contributed by atoms with E-state index < -0.39 is 12.1 Å². The predicted molar refractivity (Wildman–Crippen MR) is 56.1 cm³/mol. The third-order valence-corrected chi connectivity index (χ3v) is 2.96. The van der Waals surface area contributed by atoms with Crippen molar-refractivity contribution in [1.29, 1.82) is 0 Å². The van der Waals surface area contributed by atoms with Gasteiger partial charge in [-0.05, 0) is 36.7 Å². The molecule has 0 saturated carbocycles. The van der Waals surface area contributed by atoms with Gasteiger partial charge >= 0.3 is 5.97 Å². The normalized spacial score (nSPS) is 12.9. The van der Waals surface area contributed by atoms with Crippen LogP contribution in [0.2, 0.25) is 0 Å². The zero-order valence-electron chi connectivity index (χ0n) is 7.90. The fourth-order valence-electron chi connectivity index (χ4n) is 1.38. The second-order valence-corrected chi connectivity index (χ2v) is 4.00. The predicted octanol–water partition coefficient (Wildman–Crippen LogP) is 3.03. The molecule has 1 heterocycles. The molecule has 0 aliphatic rings. The Kier molecular flexibility index (Phi) is 2.40. The Labute approximate surface area is 89.3 Å². The average Bonchev–Trinajstić information content (AvgIpc) is 2.59. The first-order valence-electron chi connectivity index (χ1n) is 4.36. The molecule has 2 rings (SSSR count). The van der Waals surface area contributed by atoms with Gasteiger partial charge in [0.1, 0.15) is 6.17 Å². The van der Waals surface area contributed by atoms with E-state index in [4.69, 9.17) is 5.11 Å². The first-order chi connectivity index (χ1) is 7.09. The van der Waals surface area contributed by atoms with Crippen molar-refractivity contribution >= 4 is 27.6 Å². The lowest BCUT2D eigenvalue weighted by Gasteiger charge is -1.98. The number of hydrogen-bond acceptors (Lipinski definition) is 3. The first-order valence-corrected chi connectivity index (χ1v) is 5.13. The van der Waals surface area contributed by atoms with Gasteiger partial charge in [-0.1, -0.05) is 0 Å². The molecular formula is C10H8FNO2S. The smallest absolute Gasteiger partial charge is 0.335 e. The largest absolute Gasteiger partial charge is 0.478 e. The summed E-state index contributed by atoms with van der Waals surface area (Å²) in [5, 5.41) is 9.39. The fourth-order valence-corrected chi connectivity index (χ4v) is 2.21. The summed E-state index contributed by atoms with van der Waals surface area (Å²) in [5.74, 6) is -1.01. The lowest BCUT2D eigenvalue weighted by Crippen LogP contribution is -1.95. The molecule has 0 amide bonds. The van der Waals surface area contributed by atoms with E-state index in [0.29, 0.717) is 11.1 Å². The van der Waals surface area contributed by atoms with Crippen molar-refractivity contribution in [3.8, 4) is 0 Å². The van der Waals surface area contributed by atoms with Crippen LogP contribution in [0.15, 0.2) is 18.2 Å². The van der Waals surface area contributed by atoms with Crippen molar-refractivity contribution in [2.45, 2.75) is 13.1 Å². The van der Waals surface area contributed by atoms with Gasteiger partial charge in [0.15, 0.2) is 0 Å². The number of carboxylic acid groups (broad SMARTS) is 1. The molecule has 0 radical (unpaired) electrons. The molecule has 0 aliphatic heterocycles. The summed E-state index contributed by atoms with van der Waals surface area (Å²) in [7, 11) is 0. The Hall–Kier alpha value is -1.49. The summed E-state index contributed by atoms with van der Waals surface area (Å²) in [6, 6.07) is 4.62. The zero-order chi connectivity index (χ0) is 11.0. The van der Waals surface area contributed by atoms with E-state index in [0.717, 1.165) is 4.70 Å². The third kappa shape index (κ3) is 1.70. The van der Waals surface area contributed by atoms with Crippen LogP contribution in [0.3, 0.4) is 0 Å². The number of aromatic nitrogens is 1. The highest BCUT2D eigenvalue weighted by Gasteiger charge is 2.14. The van der Waals surface area contributed by atoms with E-state index in [9.17, 15) is 9.18 Å². The average molecular weight is 225 g/mol. The topological polar surface area (TPSA) is 50.2 Å². The molecule has 3 nitrogen and oxygen atoms in total. The Bertz CT molecular complexity index is 521. The van der Waals surface area contributed by atoms with E-state index in [1.807, 2.05) is 0 Å². The fraction of sp³-hybridized carbons (Fsp3) is 0.200. The van der Waals surface area contributed by atoms with Gasteiger partial charge in [-0.3, -0.25) is 0 Å². The minimum Gasteiger partial charge on any atom is -0.478 e. The number of benzene rings is 1. The summed E-state index contributed by atoms with van der Waals surface area (Å²) < 4.78 is 17.9. The minimum atomic E-state index is -1.18. The molecule has 0 aliphatic carbocycles. The standard InChI is InChI=1S/C10H8FNO2S/c1-5(11)9-7-4-6(10(13)14)2-3-8(7)15-12-9/h2-5H,1H3,(H,13,14). The van der Waals surface area contributed by atoms with E-state index in [1.54, 1.807) is 6.07 Å². The van der Waals surface area contributed by atoms with Crippen molar-refractivity contribution in [2.75, 3.05) is 0 Å². The van der Waals surface area contributed by atoms with Gasteiger partial charge in [-0.2, -0.15) is 4.37 Å². The van der Waals surface area contributed by atoms with Gasteiger partial charge in [0, 0.05) is 5.39 Å². The Morgan fingerprint density at radius 3 is 2.93 bits per heavy atom. The maximum Gasteiger partial charge on any atom is 0.335 e. The van der Waals surface area contributed by atoms with Gasteiger partial charge < -0.3 is 5.11 Å². The van der Waals surface area contributed by atoms with E-state index in [2.05, 4.69) is 4.37 Å². The number of alkyl halides is 1. The first kappa shape index (κ1) is 10.0. The van der Waals surface area contributed by atoms with Crippen LogP contribution in [0.4, 0.5) is 4.39 Å². The van der Waals surface area contributed by atoms with Gasteiger partial charge in [0.25, 0.3) is 0 Å². The van der Waals surface area contributed by atoms with E-state index >= 15 is 0 Å². The molecule has 2 aromatic rings. The molecular weight excluding hydrogens is 217 g/mol. The van der Waals surface area contributed by atoms with Gasteiger partial charge in [0.2, 0.25) is 0 Å². The van der Waals surface area contributed by atoms with Crippen molar-refractivity contribution < 1.29 is 14.3 Å². The second-order valence-electron chi connectivity index (χ2n) is 3.20. The van der Waals surface area contributed by atoms with E-state index in [-0.39, 0.29) is 5.56 Å². The molecule has 78 valence electrons. The van der Waals surface area contributed by atoms with Crippen LogP contribution >= 0.6 is 11.5 Å². The van der Waals surface area contributed by atoms with Gasteiger partial charge in [-0.15, -0.1) is 0 Å². The molecule has 0 bridgehead atoms. The summed E-state index contributed by atoms with van der Waals surface area (Å²) in [5.41, 5.74) is 0.475. The minimum absolute atomic E-state index is 0.157. The number of fused-ring (bicyclic) bond motifs is 1. The zero-order valence-corrected chi connectivity index (χ0v) is 8.71. The van der Waals surface area contributed by atoms with Gasteiger partial charge in [-0.25, -0.2) is 9.18 Å². The highest BCUT2D eigenvalue weighted by molar-refractivity contribution is 7.13. The Morgan fingerprint density at radius 1 is 1.60 bits per heavy atom. The molecule has 1 unspecified atom stereocenters. The Balaban J connectivity index is 2.66. The van der Waals surface area contributed by atoms with Crippen LogP contribution in [0.25, 0.3) is 10.1 Å². The van der Waals surface area contributed by atoms with Crippen molar-refractivity contribution in [3.63, 3.8) is 0 Å². The Morgan fingerprint density at radius 2 is 2.33 bits per heavy atom. The summed E-state index contributed by atoms with van der Waals surface area (Å²) in [6.07, 6.45) is -1.18. The maximum atomic E-state index is 13.1. The molecule has 1 atom stereocenters. The van der Waals surface area contributed by atoms with Crippen LogP contribution in [0.1, 0.15) is 29.1 Å². The number of hydrogen-bond donors (Lipinski definition) is 1. The number of carboxylic acids is 1. The lowest BCUT2D eigenvalue weighted by atomic mass is 10.1. The lowest BCUT2D eigenvalue weighted by molar-refractivity contribution is 0.0697. The van der Waals surface area contributed by atoms with E-state index in [1.165, 1.54) is 30.6 Å². The highest BCUT2D eigenvalue weighted by Crippen LogP contribution is 2.29. The summed E-state index contributed by atoms with van der Waals surface area (Å²) in [6.45, 7) is 1.39. The quantitative estimate of drug-likeness (QED) is 0.854. The molecule has 0 fully saturated rings. The number of carbonyl (C=O) groups is 1. The summed E-state index contributed by atoms with van der Waals surface area (Å²) >= 11 is 1.18. The maximum absolute atomic E-state index is 13.1. The SMILES string of the molecule is CC(F)c1nsc2ccc(C(=O)O)cc12. The molecule has 5 heteroatoms. The van der Waals surface area contributed by atoms with Crippen LogP contribution in [0, 0.1) is 0 Å². The number of halogens is 1. The number of rotatable bonds is 2. The molecule has 15 heavy (non-hydrogen) atoms. The van der Waals surface area contributed by atoms with Crippen molar-refractivity contribution in [3.05, 3.63) is 29.5 Å². The molecule has 0 spiro atoms. The monoisotopic (exact) mass is 225 g/mol. The van der Waals surface area contributed by atoms with Crippen LogP contribution in [-0.2, 0) is 0 Å². The highest BCUT2D eigenvalue weighted by atomic mass is 32.1. The van der Waals surface area contributed by atoms with Crippen LogP contribution in [-0.4, -0.2) is 15.4 Å². The van der Waals surface area contributed by atoms with Gasteiger partial charge in [0.05, 0.1) is 16.0 Å². The molecule has 1 N–H and O–H groups in total. The van der Waals surface area contributed by atoms with Crippen LogP contribution < -0.4 is 0 Å². The molecule has 0 saturated heterocycles. The number of aromatic carboxylic acids is 1. The molecule has 1 aromatic heterocycles. The molecule has 1 aromatic carbocycles. The van der Waals surface area contributed by atoms with Crippen molar-refractivity contribution in [1.82, 2.24) is 4.37 Å².